The first-order valence-electron chi connectivity index (χ1n) is 5.08. The Kier molecular flexibility index (Phi) is 3.90. The number of rotatable bonds is 3. The van der Waals surface area contributed by atoms with Crippen molar-refractivity contribution in [3.63, 3.8) is 0 Å². The zero-order valence-corrected chi connectivity index (χ0v) is 9.78. The van der Waals surface area contributed by atoms with Crippen molar-refractivity contribution in [1.82, 2.24) is 0 Å². The van der Waals surface area contributed by atoms with Crippen molar-refractivity contribution in [2.75, 3.05) is 7.11 Å². The lowest BCUT2D eigenvalue weighted by Gasteiger charge is -2.16. The third-order valence-corrected chi connectivity index (χ3v) is 2.56. The van der Waals surface area contributed by atoms with Gasteiger partial charge in [0.25, 0.3) is 0 Å². The summed E-state index contributed by atoms with van der Waals surface area (Å²) in [6.07, 6.45) is 0.142. The number of phenols is 1. The van der Waals surface area contributed by atoms with E-state index in [1.54, 1.807) is 12.1 Å². The number of hydrogen-bond donors (Lipinski definition) is 2. The summed E-state index contributed by atoms with van der Waals surface area (Å²) in [5.41, 5.74) is 8.60. The fourth-order valence-electron chi connectivity index (χ4n) is 1.90. The molecule has 0 unspecified atom stereocenters. The summed E-state index contributed by atoms with van der Waals surface area (Å²) in [6.45, 7) is 3.72. The number of phenolic OH excluding ortho intramolecular Hbond substituents is 1. The van der Waals surface area contributed by atoms with Crippen molar-refractivity contribution in [3.05, 3.63) is 28.8 Å². The van der Waals surface area contributed by atoms with Crippen LogP contribution in [0.3, 0.4) is 0 Å². The van der Waals surface area contributed by atoms with Gasteiger partial charge in [-0.3, -0.25) is 4.79 Å². The van der Waals surface area contributed by atoms with Crippen molar-refractivity contribution in [2.24, 2.45) is 5.73 Å². The first kappa shape index (κ1) is 12.5. The SMILES string of the molecule is COC(=O)C[C@@H](N)c1c(C)cc(O)cc1C. The molecule has 4 nitrogen and oxygen atoms in total. The van der Waals surface area contributed by atoms with Crippen LogP contribution in [0.25, 0.3) is 0 Å². The highest BCUT2D eigenvalue weighted by Gasteiger charge is 2.16. The molecule has 0 saturated carbocycles. The van der Waals surface area contributed by atoms with Crippen molar-refractivity contribution in [3.8, 4) is 5.75 Å². The summed E-state index contributed by atoms with van der Waals surface area (Å²) < 4.78 is 4.58. The van der Waals surface area contributed by atoms with Crippen molar-refractivity contribution in [2.45, 2.75) is 26.3 Å². The summed E-state index contributed by atoms with van der Waals surface area (Å²) >= 11 is 0. The highest BCUT2D eigenvalue weighted by atomic mass is 16.5. The number of ether oxygens (including phenoxy) is 1. The van der Waals surface area contributed by atoms with Gasteiger partial charge < -0.3 is 15.6 Å². The summed E-state index contributed by atoms with van der Waals surface area (Å²) in [7, 11) is 1.34. The Hall–Kier alpha value is -1.55. The molecular formula is C12H17NO3. The van der Waals surface area contributed by atoms with Gasteiger partial charge in [-0.05, 0) is 42.7 Å². The Labute approximate surface area is 95.0 Å². The van der Waals surface area contributed by atoms with Gasteiger partial charge in [0.15, 0.2) is 0 Å². The van der Waals surface area contributed by atoms with Crippen LogP contribution in [0.1, 0.15) is 29.2 Å². The number of carbonyl (C=O) groups excluding carboxylic acids is 1. The molecule has 0 amide bonds. The molecule has 1 atom stereocenters. The Balaban J connectivity index is 2.99. The van der Waals surface area contributed by atoms with Crippen LogP contribution >= 0.6 is 0 Å². The van der Waals surface area contributed by atoms with E-state index in [-0.39, 0.29) is 18.1 Å². The van der Waals surface area contributed by atoms with Crippen LogP contribution in [-0.4, -0.2) is 18.2 Å². The number of nitrogens with two attached hydrogens (primary N) is 1. The average Bonchev–Trinajstić information content (AvgIpc) is 2.15. The number of methoxy groups -OCH3 is 1. The molecule has 0 saturated heterocycles. The quantitative estimate of drug-likeness (QED) is 0.763. The molecule has 0 fully saturated rings. The monoisotopic (exact) mass is 223 g/mol. The maximum absolute atomic E-state index is 11.1. The Morgan fingerprint density at radius 1 is 1.44 bits per heavy atom. The molecule has 0 radical (unpaired) electrons. The minimum Gasteiger partial charge on any atom is -0.508 e. The summed E-state index contributed by atoms with van der Waals surface area (Å²) in [4.78, 5) is 11.1. The number of aryl methyl sites for hydroxylation is 2. The predicted molar refractivity (Wildman–Crippen MR) is 61.1 cm³/mol. The molecule has 0 aliphatic heterocycles. The van der Waals surface area contributed by atoms with Crippen LogP contribution in [0.2, 0.25) is 0 Å². The Morgan fingerprint density at radius 3 is 2.38 bits per heavy atom. The van der Waals surface area contributed by atoms with Crippen molar-refractivity contribution < 1.29 is 14.6 Å². The first-order chi connectivity index (χ1) is 7.45. The molecule has 1 rings (SSSR count). The standard InChI is InChI=1S/C12H17NO3/c1-7-4-9(14)5-8(2)12(7)10(13)6-11(15)16-3/h4-5,10,14H,6,13H2,1-3H3/t10-/m1/s1. The van der Waals surface area contributed by atoms with Gasteiger partial charge in [-0.15, -0.1) is 0 Å². The minimum absolute atomic E-state index is 0.142. The molecular weight excluding hydrogens is 206 g/mol. The third-order valence-electron chi connectivity index (χ3n) is 2.56. The fraction of sp³-hybridized carbons (Fsp3) is 0.417. The normalized spacial score (nSPS) is 12.2. The van der Waals surface area contributed by atoms with E-state index in [0.29, 0.717) is 0 Å². The van der Waals surface area contributed by atoms with Gasteiger partial charge in [-0.2, -0.15) is 0 Å². The van der Waals surface area contributed by atoms with E-state index in [9.17, 15) is 9.90 Å². The maximum Gasteiger partial charge on any atom is 0.307 e. The molecule has 1 aromatic carbocycles. The summed E-state index contributed by atoms with van der Waals surface area (Å²) in [5, 5.41) is 9.40. The molecule has 0 spiro atoms. The molecule has 0 heterocycles. The molecule has 0 aliphatic rings. The number of aromatic hydroxyl groups is 1. The van der Waals surface area contributed by atoms with Gasteiger partial charge in [0.2, 0.25) is 0 Å². The van der Waals surface area contributed by atoms with Crippen molar-refractivity contribution in [1.29, 1.82) is 0 Å². The zero-order chi connectivity index (χ0) is 12.3. The van der Waals surface area contributed by atoms with Crippen LogP contribution in [0.5, 0.6) is 5.75 Å². The maximum atomic E-state index is 11.1. The second-order valence-electron chi connectivity index (χ2n) is 3.88. The molecule has 16 heavy (non-hydrogen) atoms. The predicted octanol–water partition coefficient (Wildman–Crippen LogP) is 1.57. The fourth-order valence-corrected chi connectivity index (χ4v) is 1.90. The second-order valence-corrected chi connectivity index (χ2v) is 3.88. The van der Waals surface area contributed by atoms with E-state index in [4.69, 9.17) is 5.73 Å². The molecule has 4 heteroatoms. The summed E-state index contributed by atoms with van der Waals surface area (Å²) in [5.74, 6) is -0.122. The van der Waals surface area contributed by atoms with E-state index in [0.717, 1.165) is 16.7 Å². The topological polar surface area (TPSA) is 72.5 Å². The van der Waals surface area contributed by atoms with Crippen molar-refractivity contribution >= 4 is 5.97 Å². The van der Waals surface area contributed by atoms with Gasteiger partial charge in [0.05, 0.1) is 13.5 Å². The lowest BCUT2D eigenvalue weighted by atomic mass is 9.94. The second kappa shape index (κ2) is 4.99. The summed E-state index contributed by atoms with van der Waals surface area (Å²) in [6, 6.07) is 2.88. The highest BCUT2D eigenvalue weighted by Crippen LogP contribution is 2.26. The van der Waals surface area contributed by atoms with Crippen LogP contribution in [-0.2, 0) is 9.53 Å². The highest BCUT2D eigenvalue weighted by molar-refractivity contribution is 5.70. The lowest BCUT2D eigenvalue weighted by Crippen LogP contribution is -2.18. The van der Waals surface area contributed by atoms with Crippen LogP contribution in [0, 0.1) is 13.8 Å². The van der Waals surface area contributed by atoms with Crippen LogP contribution in [0.15, 0.2) is 12.1 Å². The molecule has 0 aliphatic carbocycles. The van der Waals surface area contributed by atoms with Crippen LogP contribution < -0.4 is 5.73 Å². The molecule has 0 aromatic heterocycles. The van der Waals surface area contributed by atoms with Gasteiger partial charge in [-0.25, -0.2) is 0 Å². The van der Waals surface area contributed by atoms with E-state index in [1.807, 2.05) is 13.8 Å². The van der Waals surface area contributed by atoms with E-state index < -0.39 is 6.04 Å². The Morgan fingerprint density at radius 2 is 1.94 bits per heavy atom. The van der Waals surface area contributed by atoms with Crippen LogP contribution in [0.4, 0.5) is 0 Å². The molecule has 3 N–H and O–H groups in total. The smallest absolute Gasteiger partial charge is 0.307 e. The first-order valence-corrected chi connectivity index (χ1v) is 5.08. The molecule has 0 bridgehead atoms. The van der Waals surface area contributed by atoms with E-state index >= 15 is 0 Å². The number of benzene rings is 1. The molecule has 1 aromatic rings. The third kappa shape index (κ3) is 2.73. The largest absolute Gasteiger partial charge is 0.508 e. The van der Waals surface area contributed by atoms with E-state index in [2.05, 4.69) is 4.74 Å². The minimum atomic E-state index is -0.395. The van der Waals surface area contributed by atoms with Gasteiger partial charge >= 0.3 is 5.97 Å². The van der Waals surface area contributed by atoms with Gasteiger partial charge in [0.1, 0.15) is 5.75 Å². The Bertz CT molecular complexity index is 378. The number of esters is 1. The lowest BCUT2D eigenvalue weighted by molar-refractivity contribution is -0.141. The number of hydrogen-bond acceptors (Lipinski definition) is 4. The zero-order valence-electron chi connectivity index (χ0n) is 9.78. The van der Waals surface area contributed by atoms with Gasteiger partial charge in [-0.1, -0.05) is 0 Å². The number of carbonyl (C=O) groups is 1. The van der Waals surface area contributed by atoms with E-state index in [1.165, 1.54) is 7.11 Å². The average molecular weight is 223 g/mol. The molecule has 88 valence electrons. The van der Waals surface area contributed by atoms with Gasteiger partial charge in [0, 0.05) is 6.04 Å².